The molecule has 0 aliphatic heterocycles. The number of guanidine groups is 1. The standard InChI is InChI=1S/C16H20F4N4O/c1-4-7-21-15(23-10-14(25)24(2)3)22-9-11-5-6-12(17)8-13(11)16(18,19)20/h4-6,8H,1,7,9-10H2,2-3H3,(H2,21,22,23). The molecule has 5 nitrogen and oxygen atoms in total. The van der Waals surface area contributed by atoms with E-state index in [2.05, 4.69) is 22.2 Å². The molecule has 0 spiro atoms. The second-order valence-corrected chi connectivity index (χ2v) is 5.28. The lowest BCUT2D eigenvalue weighted by Crippen LogP contribution is -2.43. The maximum atomic E-state index is 13.1. The molecule has 0 heterocycles. The Hall–Kier alpha value is -2.58. The van der Waals surface area contributed by atoms with Crippen LogP contribution in [0.2, 0.25) is 0 Å². The molecule has 0 aliphatic carbocycles. The van der Waals surface area contributed by atoms with Gasteiger partial charge in [-0.3, -0.25) is 4.79 Å². The van der Waals surface area contributed by atoms with Gasteiger partial charge in [-0.05, 0) is 17.7 Å². The molecule has 0 radical (unpaired) electrons. The van der Waals surface area contributed by atoms with Crippen LogP contribution < -0.4 is 10.6 Å². The van der Waals surface area contributed by atoms with Gasteiger partial charge in [0.05, 0.1) is 18.7 Å². The van der Waals surface area contributed by atoms with Crippen molar-refractivity contribution in [3.63, 3.8) is 0 Å². The first kappa shape index (κ1) is 20.5. The molecule has 0 atom stereocenters. The summed E-state index contributed by atoms with van der Waals surface area (Å²) in [5.74, 6) is -1.06. The fourth-order valence-corrected chi connectivity index (χ4v) is 1.78. The fraction of sp³-hybridized carbons (Fsp3) is 0.375. The summed E-state index contributed by atoms with van der Waals surface area (Å²) in [6.07, 6.45) is -3.15. The van der Waals surface area contributed by atoms with E-state index in [1.165, 1.54) is 11.0 Å². The van der Waals surface area contributed by atoms with Crippen molar-refractivity contribution in [2.75, 3.05) is 27.2 Å². The Balaban J connectivity index is 2.95. The summed E-state index contributed by atoms with van der Waals surface area (Å²) in [6, 6.07) is 2.42. The SMILES string of the molecule is C=CCNC(=NCc1ccc(F)cc1C(F)(F)F)NCC(=O)N(C)C. The van der Waals surface area contributed by atoms with Gasteiger partial charge in [0.25, 0.3) is 0 Å². The Bertz CT molecular complexity index is 642. The molecule has 1 amide bonds. The second-order valence-electron chi connectivity index (χ2n) is 5.28. The van der Waals surface area contributed by atoms with Gasteiger partial charge < -0.3 is 15.5 Å². The largest absolute Gasteiger partial charge is 0.416 e. The lowest BCUT2D eigenvalue weighted by molar-refractivity contribution is -0.138. The number of alkyl halides is 3. The summed E-state index contributed by atoms with van der Waals surface area (Å²) in [4.78, 5) is 17.0. The van der Waals surface area contributed by atoms with E-state index >= 15 is 0 Å². The third-order valence-electron chi connectivity index (χ3n) is 3.10. The Morgan fingerprint density at radius 1 is 1.32 bits per heavy atom. The molecule has 0 aromatic heterocycles. The molecule has 0 unspecified atom stereocenters. The van der Waals surface area contributed by atoms with Gasteiger partial charge in [0, 0.05) is 20.6 Å². The monoisotopic (exact) mass is 360 g/mol. The highest BCUT2D eigenvalue weighted by Gasteiger charge is 2.33. The normalized spacial score (nSPS) is 11.8. The van der Waals surface area contributed by atoms with Crippen molar-refractivity contribution in [3.8, 4) is 0 Å². The maximum absolute atomic E-state index is 13.1. The molecule has 0 saturated carbocycles. The predicted molar refractivity (Wildman–Crippen MR) is 87.4 cm³/mol. The minimum absolute atomic E-state index is 0.0779. The first-order valence-corrected chi connectivity index (χ1v) is 7.34. The Kier molecular flexibility index (Phi) is 7.41. The molecule has 1 rings (SSSR count). The number of hydrogen-bond donors (Lipinski definition) is 2. The lowest BCUT2D eigenvalue weighted by atomic mass is 10.1. The summed E-state index contributed by atoms with van der Waals surface area (Å²) < 4.78 is 52.1. The maximum Gasteiger partial charge on any atom is 0.416 e. The van der Waals surface area contributed by atoms with Crippen LogP contribution in [0, 0.1) is 5.82 Å². The van der Waals surface area contributed by atoms with Crippen molar-refractivity contribution in [1.29, 1.82) is 0 Å². The van der Waals surface area contributed by atoms with E-state index in [1.807, 2.05) is 0 Å². The molecule has 0 fully saturated rings. The summed E-state index contributed by atoms with van der Waals surface area (Å²) in [5.41, 5.74) is -1.25. The van der Waals surface area contributed by atoms with Crippen LogP contribution in [0.5, 0.6) is 0 Å². The van der Waals surface area contributed by atoms with Crippen LogP contribution in [-0.2, 0) is 17.5 Å². The highest BCUT2D eigenvalue weighted by Crippen LogP contribution is 2.32. The van der Waals surface area contributed by atoms with Crippen LogP contribution in [0.3, 0.4) is 0 Å². The molecule has 9 heteroatoms. The smallest absolute Gasteiger partial charge is 0.353 e. The van der Waals surface area contributed by atoms with Crippen molar-refractivity contribution in [1.82, 2.24) is 15.5 Å². The van der Waals surface area contributed by atoms with Gasteiger partial charge in [0.15, 0.2) is 5.96 Å². The first-order valence-electron chi connectivity index (χ1n) is 7.34. The van der Waals surface area contributed by atoms with Crippen molar-refractivity contribution in [2.45, 2.75) is 12.7 Å². The molecule has 0 aliphatic rings. The number of halogens is 4. The zero-order valence-electron chi connectivity index (χ0n) is 14.0. The predicted octanol–water partition coefficient (Wildman–Crippen LogP) is 2.15. The topological polar surface area (TPSA) is 56.7 Å². The fourth-order valence-electron chi connectivity index (χ4n) is 1.78. The van der Waals surface area contributed by atoms with Crippen LogP contribution in [0.25, 0.3) is 0 Å². The summed E-state index contributed by atoms with van der Waals surface area (Å²) >= 11 is 0. The van der Waals surface area contributed by atoms with Crippen LogP contribution >= 0.6 is 0 Å². The molecule has 0 bridgehead atoms. The van der Waals surface area contributed by atoms with Gasteiger partial charge in [0.2, 0.25) is 5.91 Å². The quantitative estimate of drug-likeness (QED) is 0.354. The van der Waals surface area contributed by atoms with Gasteiger partial charge >= 0.3 is 6.18 Å². The van der Waals surface area contributed by atoms with Crippen molar-refractivity contribution in [2.24, 2.45) is 4.99 Å². The molecule has 1 aromatic carbocycles. The molecular weight excluding hydrogens is 340 g/mol. The minimum Gasteiger partial charge on any atom is -0.353 e. The number of likely N-dealkylation sites (N-methyl/N-ethyl adjacent to an activating group) is 1. The van der Waals surface area contributed by atoms with Gasteiger partial charge in [-0.2, -0.15) is 13.2 Å². The van der Waals surface area contributed by atoms with E-state index in [-0.39, 0.29) is 30.5 Å². The highest BCUT2D eigenvalue weighted by molar-refractivity contribution is 5.86. The van der Waals surface area contributed by atoms with E-state index in [1.54, 1.807) is 14.1 Å². The zero-order chi connectivity index (χ0) is 19.0. The average molecular weight is 360 g/mol. The van der Waals surface area contributed by atoms with Crippen LogP contribution in [-0.4, -0.2) is 44.0 Å². The second kappa shape index (κ2) is 9.05. The molecule has 138 valence electrons. The van der Waals surface area contributed by atoms with Crippen molar-refractivity contribution < 1.29 is 22.4 Å². The summed E-state index contributed by atoms with van der Waals surface area (Å²) in [5, 5.41) is 5.52. The third kappa shape index (κ3) is 6.82. The average Bonchev–Trinajstić information content (AvgIpc) is 2.53. The van der Waals surface area contributed by atoms with E-state index in [0.29, 0.717) is 12.6 Å². The van der Waals surface area contributed by atoms with E-state index in [9.17, 15) is 22.4 Å². The number of nitrogens with one attached hydrogen (secondary N) is 2. The van der Waals surface area contributed by atoms with Gasteiger partial charge in [0.1, 0.15) is 5.82 Å². The van der Waals surface area contributed by atoms with Crippen LogP contribution in [0.15, 0.2) is 35.8 Å². The van der Waals surface area contributed by atoms with Crippen molar-refractivity contribution in [3.05, 3.63) is 47.8 Å². The molecule has 0 saturated heterocycles. The minimum atomic E-state index is -4.68. The Morgan fingerprint density at radius 3 is 2.56 bits per heavy atom. The summed E-state index contributed by atoms with van der Waals surface area (Å²) in [6.45, 7) is 3.41. The highest BCUT2D eigenvalue weighted by atomic mass is 19.4. The molecule has 1 aromatic rings. The van der Waals surface area contributed by atoms with E-state index in [4.69, 9.17) is 0 Å². The number of rotatable bonds is 6. The molecular formula is C16H20F4N4O. The Labute approximate surface area is 143 Å². The van der Waals surface area contributed by atoms with E-state index in [0.717, 1.165) is 12.1 Å². The number of benzene rings is 1. The van der Waals surface area contributed by atoms with E-state index < -0.39 is 17.6 Å². The first-order chi connectivity index (χ1) is 11.6. The number of nitrogens with zero attached hydrogens (tertiary/aromatic N) is 2. The molecule has 2 N–H and O–H groups in total. The zero-order valence-corrected chi connectivity index (χ0v) is 14.0. The third-order valence-corrected chi connectivity index (χ3v) is 3.10. The van der Waals surface area contributed by atoms with Crippen LogP contribution in [0.1, 0.15) is 11.1 Å². The Morgan fingerprint density at radius 2 is 2.00 bits per heavy atom. The number of carbonyl (C=O) groups excluding carboxylic acids is 1. The van der Waals surface area contributed by atoms with Crippen molar-refractivity contribution >= 4 is 11.9 Å². The number of carbonyl (C=O) groups is 1. The van der Waals surface area contributed by atoms with Gasteiger partial charge in [-0.15, -0.1) is 6.58 Å². The summed E-state index contributed by atoms with van der Waals surface area (Å²) in [7, 11) is 3.15. The number of amides is 1. The number of aliphatic imine (C=N–C) groups is 1. The van der Waals surface area contributed by atoms with Gasteiger partial charge in [-0.1, -0.05) is 12.1 Å². The number of hydrogen-bond acceptors (Lipinski definition) is 2. The lowest BCUT2D eigenvalue weighted by Gasteiger charge is -2.15. The van der Waals surface area contributed by atoms with Gasteiger partial charge in [-0.25, -0.2) is 9.38 Å². The van der Waals surface area contributed by atoms with Crippen LogP contribution in [0.4, 0.5) is 17.6 Å². The molecule has 25 heavy (non-hydrogen) atoms.